The molecule has 5 rings (SSSR count). The van der Waals surface area contributed by atoms with E-state index in [2.05, 4.69) is 16.0 Å². The Bertz CT molecular complexity index is 1320. The molecule has 186 valence electrons. The van der Waals surface area contributed by atoms with Crippen LogP contribution in [0.15, 0.2) is 64.6 Å². The van der Waals surface area contributed by atoms with E-state index in [9.17, 15) is 4.79 Å². The van der Waals surface area contributed by atoms with Gasteiger partial charge in [-0.3, -0.25) is 4.79 Å². The fourth-order valence-corrected chi connectivity index (χ4v) is 5.48. The number of aliphatic imine (C=N–C) groups is 1. The minimum Gasteiger partial charge on any atom is -0.494 e. The Kier molecular flexibility index (Phi) is 6.98. The average molecular weight is 503 g/mol. The van der Waals surface area contributed by atoms with Crippen molar-refractivity contribution in [1.29, 1.82) is 0 Å². The summed E-state index contributed by atoms with van der Waals surface area (Å²) in [6.07, 6.45) is 4.07. The summed E-state index contributed by atoms with van der Waals surface area (Å²) in [4.78, 5) is 20.0. The third-order valence-electron chi connectivity index (χ3n) is 6.10. The highest BCUT2D eigenvalue weighted by Gasteiger charge is 2.31. The quantitative estimate of drug-likeness (QED) is 0.440. The van der Waals surface area contributed by atoms with Crippen LogP contribution in [0.4, 0.5) is 0 Å². The van der Waals surface area contributed by atoms with Crippen LogP contribution in [0.2, 0.25) is 0 Å². The van der Waals surface area contributed by atoms with Crippen LogP contribution in [-0.4, -0.2) is 57.7 Å². The van der Waals surface area contributed by atoms with Gasteiger partial charge in [0.05, 0.1) is 29.4 Å². The largest absolute Gasteiger partial charge is 0.494 e. The zero-order chi connectivity index (χ0) is 25.2. The number of aromatic nitrogens is 2. The van der Waals surface area contributed by atoms with Gasteiger partial charge in [-0.2, -0.15) is 10.1 Å². The number of para-hydroxylation sites is 1. The van der Waals surface area contributed by atoms with Gasteiger partial charge in [-0.05, 0) is 81.4 Å². The smallest absolute Gasteiger partial charge is 0.286 e. The third-order valence-corrected chi connectivity index (χ3v) is 7.14. The van der Waals surface area contributed by atoms with Gasteiger partial charge in [-0.1, -0.05) is 18.2 Å². The maximum atomic E-state index is 12.9. The summed E-state index contributed by atoms with van der Waals surface area (Å²) in [5.41, 5.74) is 4.61. The first-order chi connectivity index (χ1) is 17.4. The lowest BCUT2D eigenvalue weighted by Gasteiger charge is -2.35. The lowest BCUT2D eigenvalue weighted by atomic mass is 10.0. The van der Waals surface area contributed by atoms with Crippen molar-refractivity contribution < 1.29 is 14.3 Å². The van der Waals surface area contributed by atoms with Crippen LogP contribution < -0.4 is 4.74 Å². The molecule has 1 amide bonds. The Morgan fingerprint density at radius 2 is 1.89 bits per heavy atom. The molecule has 0 spiro atoms. The molecule has 0 N–H and O–H groups in total. The summed E-state index contributed by atoms with van der Waals surface area (Å²) < 4.78 is 13.4. The van der Waals surface area contributed by atoms with Crippen LogP contribution in [0.3, 0.4) is 0 Å². The maximum absolute atomic E-state index is 12.9. The second kappa shape index (κ2) is 10.3. The molecule has 2 aromatic carbocycles. The summed E-state index contributed by atoms with van der Waals surface area (Å²) in [5, 5.41) is 5.65. The van der Waals surface area contributed by atoms with Crippen molar-refractivity contribution in [3.05, 3.63) is 70.8 Å². The number of hydrogen-bond acceptors (Lipinski definition) is 6. The Morgan fingerprint density at radius 1 is 1.14 bits per heavy atom. The SMILES string of the molecule is CCOc1ccc(-c2nn(-c3ccccc3)cc2/C=C2\SC(N3CC(C)OC(C)C3)=NC2=O)cc1C. The first-order valence-corrected chi connectivity index (χ1v) is 13.0. The zero-order valence-corrected chi connectivity index (χ0v) is 21.8. The molecule has 36 heavy (non-hydrogen) atoms. The Labute approximate surface area is 215 Å². The fourth-order valence-electron chi connectivity index (χ4n) is 4.55. The first-order valence-electron chi connectivity index (χ1n) is 12.2. The molecule has 2 unspecified atom stereocenters. The number of ether oxygens (including phenoxy) is 2. The molecule has 2 atom stereocenters. The Morgan fingerprint density at radius 3 is 2.58 bits per heavy atom. The van der Waals surface area contributed by atoms with E-state index in [-0.39, 0.29) is 18.1 Å². The number of thioether (sulfide) groups is 1. The van der Waals surface area contributed by atoms with Crippen LogP contribution in [0.1, 0.15) is 31.9 Å². The van der Waals surface area contributed by atoms with Crippen LogP contribution in [-0.2, 0) is 9.53 Å². The van der Waals surface area contributed by atoms with Gasteiger partial charge in [0.15, 0.2) is 5.17 Å². The summed E-state index contributed by atoms with van der Waals surface area (Å²) in [7, 11) is 0. The van der Waals surface area contributed by atoms with Crippen molar-refractivity contribution in [3.63, 3.8) is 0 Å². The molecule has 0 radical (unpaired) electrons. The van der Waals surface area contributed by atoms with Gasteiger partial charge in [-0.25, -0.2) is 4.68 Å². The number of rotatable bonds is 5. The molecule has 1 aromatic heterocycles. The van der Waals surface area contributed by atoms with Crippen LogP contribution >= 0.6 is 11.8 Å². The van der Waals surface area contributed by atoms with Gasteiger partial charge in [0.1, 0.15) is 11.4 Å². The number of carbonyl (C=O) groups excluding carboxylic acids is 1. The van der Waals surface area contributed by atoms with Crippen molar-refractivity contribution in [2.75, 3.05) is 19.7 Å². The van der Waals surface area contributed by atoms with E-state index >= 15 is 0 Å². The predicted octanol–water partition coefficient (Wildman–Crippen LogP) is 5.33. The minimum atomic E-state index is -0.219. The lowest BCUT2D eigenvalue weighted by Crippen LogP contribution is -2.47. The van der Waals surface area contributed by atoms with Crippen molar-refractivity contribution in [2.24, 2.45) is 4.99 Å². The number of amides is 1. The second-order valence-electron chi connectivity index (χ2n) is 9.10. The van der Waals surface area contributed by atoms with Crippen molar-refractivity contribution in [1.82, 2.24) is 14.7 Å². The topological polar surface area (TPSA) is 68.9 Å². The van der Waals surface area contributed by atoms with Gasteiger partial charge < -0.3 is 14.4 Å². The molecule has 3 heterocycles. The highest BCUT2D eigenvalue weighted by molar-refractivity contribution is 8.18. The van der Waals surface area contributed by atoms with Crippen LogP contribution in [0.5, 0.6) is 5.75 Å². The molecule has 7 nitrogen and oxygen atoms in total. The summed E-state index contributed by atoms with van der Waals surface area (Å²) in [6, 6.07) is 16.0. The second-order valence-corrected chi connectivity index (χ2v) is 10.1. The van der Waals surface area contributed by atoms with Gasteiger partial charge >= 0.3 is 0 Å². The van der Waals surface area contributed by atoms with Crippen LogP contribution in [0, 0.1) is 6.92 Å². The highest BCUT2D eigenvalue weighted by atomic mass is 32.2. The van der Waals surface area contributed by atoms with Gasteiger partial charge in [0, 0.05) is 30.4 Å². The molecule has 0 aliphatic carbocycles. The number of hydrogen-bond donors (Lipinski definition) is 0. The minimum absolute atomic E-state index is 0.0961. The standard InChI is InChI=1S/C28H30N4O3S/c1-5-34-24-12-11-21(13-18(24)2)26-22(17-32(30-26)23-9-7-6-8-10-23)14-25-27(33)29-28(36-25)31-15-19(3)35-20(4)16-31/h6-14,17,19-20H,5,15-16H2,1-4H3/b25-14-. The normalized spacial score (nSPS) is 21.2. The molecule has 1 saturated heterocycles. The monoisotopic (exact) mass is 502 g/mol. The van der Waals surface area contributed by atoms with E-state index < -0.39 is 0 Å². The molecule has 1 fully saturated rings. The third kappa shape index (κ3) is 5.10. The summed E-state index contributed by atoms with van der Waals surface area (Å²) in [6.45, 7) is 10.2. The van der Waals surface area contributed by atoms with Crippen LogP contribution in [0.25, 0.3) is 23.0 Å². The van der Waals surface area contributed by atoms with Gasteiger partial charge in [0.2, 0.25) is 0 Å². The van der Waals surface area contributed by atoms with E-state index in [0.29, 0.717) is 11.5 Å². The maximum Gasteiger partial charge on any atom is 0.286 e. The Balaban J connectivity index is 1.50. The highest BCUT2D eigenvalue weighted by Crippen LogP contribution is 2.35. The number of amidine groups is 1. The molecular weight excluding hydrogens is 472 g/mol. The molecule has 0 saturated carbocycles. The fraction of sp³-hybridized carbons (Fsp3) is 0.321. The summed E-state index contributed by atoms with van der Waals surface area (Å²) in [5.74, 6) is 0.639. The zero-order valence-electron chi connectivity index (χ0n) is 21.0. The number of nitrogens with zero attached hydrogens (tertiary/aromatic N) is 4. The number of aryl methyl sites for hydroxylation is 1. The van der Waals surface area contributed by atoms with E-state index in [1.807, 2.05) is 87.1 Å². The van der Waals surface area contributed by atoms with E-state index in [1.165, 1.54) is 11.8 Å². The van der Waals surface area contributed by atoms with E-state index in [4.69, 9.17) is 14.6 Å². The average Bonchev–Trinajstić information content (AvgIpc) is 3.44. The van der Waals surface area contributed by atoms with Gasteiger partial charge in [0.25, 0.3) is 5.91 Å². The molecule has 0 bridgehead atoms. The first kappa shape index (κ1) is 24.3. The Hall–Kier alpha value is -3.36. The summed E-state index contributed by atoms with van der Waals surface area (Å²) >= 11 is 1.42. The lowest BCUT2D eigenvalue weighted by molar-refractivity contribution is -0.113. The molecule has 3 aromatic rings. The molecule has 2 aliphatic heterocycles. The van der Waals surface area contributed by atoms with E-state index in [1.54, 1.807) is 0 Å². The molecular formula is C28H30N4O3S. The molecule has 8 heteroatoms. The van der Waals surface area contributed by atoms with E-state index in [0.717, 1.165) is 52.1 Å². The predicted molar refractivity (Wildman–Crippen MR) is 144 cm³/mol. The molecule has 2 aliphatic rings. The number of morpholine rings is 1. The van der Waals surface area contributed by atoms with Gasteiger partial charge in [-0.15, -0.1) is 0 Å². The number of carbonyl (C=O) groups is 1. The van der Waals surface area contributed by atoms with Crippen molar-refractivity contribution in [3.8, 4) is 22.7 Å². The number of benzene rings is 2. The van der Waals surface area contributed by atoms with Crippen molar-refractivity contribution >= 4 is 28.9 Å². The van der Waals surface area contributed by atoms with Crippen molar-refractivity contribution in [2.45, 2.75) is 39.9 Å².